The van der Waals surface area contributed by atoms with Crippen molar-refractivity contribution < 1.29 is 4.74 Å². The lowest BCUT2D eigenvalue weighted by Gasteiger charge is -2.18. The Kier molecular flexibility index (Phi) is 8.51. The van der Waals surface area contributed by atoms with Crippen LogP contribution in [0, 0.1) is 0 Å². The molecule has 0 saturated heterocycles. The van der Waals surface area contributed by atoms with Crippen LogP contribution in [-0.2, 0) is 17.7 Å². The van der Waals surface area contributed by atoms with E-state index in [0.717, 1.165) is 39.2 Å². The molecule has 0 aromatic heterocycles. The van der Waals surface area contributed by atoms with Crippen LogP contribution in [0.2, 0.25) is 0 Å². The van der Waals surface area contributed by atoms with Crippen LogP contribution >= 0.6 is 0 Å². The molecule has 1 aromatic carbocycles. The molecule has 1 N–H and O–H groups in total. The molecule has 3 nitrogen and oxygen atoms in total. The predicted octanol–water partition coefficient (Wildman–Crippen LogP) is 2.70. The molecule has 3 heteroatoms. The molecule has 1 aromatic rings. The third-order valence-corrected chi connectivity index (χ3v) is 3.24. The molecular weight excluding hydrogens is 248 g/mol. The van der Waals surface area contributed by atoms with E-state index >= 15 is 0 Å². The van der Waals surface area contributed by atoms with Crippen molar-refractivity contribution in [3.63, 3.8) is 0 Å². The minimum absolute atomic E-state index is 0.319. The van der Waals surface area contributed by atoms with Crippen LogP contribution in [0.3, 0.4) is 0 Å². The quantitative estimate of drug-likeness (QED) is 0.666. The predicted molar refractivity (Wildman–Crippen MR) is 86.1 cm³/mol. The second-order valence-electron chi connectivity index (χ2n) is 5.58. The van der Waals surface area contributed by atoms with E-state index in [1.165, 1.54) is 11.1 Å². The molecule has 0 aliphatic heterocycles. The summed E-state index contributed by atoms with van der Waals surface area (Å²) in [6, 6.07) is 8.96. The van der Waals surface area contributed by atoms with Crippen LogP contribution in [0.4, 0.5) is 0 Å². The molecule has 0 spiro atoms. The SMILES string of the molecule is CCNCCc1ccc(CN(C)CCOC(C)C)cc1. The molecule has 0 bridgehead atoms. The van der Waals surface area contributed by atoms with Crippen molar-refractivity contribution in [1.29, 1.82) is 0 Å². The average Bonchev–Trinajstić information content (AvgIpc) is 2.40. The number of hydrogen-bond donors (Lipinski definition) is 1. The van der Waals surface area contributed by atoms with Gasteiger partial charge in [0.05, 0.1) is 12.7 Å². The maximum Gasteiger partial charge on any atom is 0.0596 e. The molecule has 0 radical (unpaired) electrons. The first-order chi connectivity index (χ1) is 9.61. The number of ether oxygens (including phenoxy) is 1. The van der Waals surface area contributed by atoms with Gasteiger partial charge in [0.25, 0.3) is 0 Å². The summed E-state index contributed by atoms with van der Waals surface area (Å²) in [6.45, 7) is 11.1. The summed E-state index contributed by atoms with van der Waals surface area (Å²) in [5.74, 6) is 0. The first kappa shape index (κ1) is 17.2. The maximum atomic E-state index is 5.58. The van der Waals surface area contributed by atoms with Gasteiger partial charge in [-0.25, -0.2) is 0 Å². The fourth-order valence-corrected chi connectivity index (χ4v) is 2.06. The fraction of sp³-hybridized carbons (Fsp3) is 0.647. The Balaban J connectivity index is 2.29. The molecule has 0 heterocycles. The monoisotopic (exact) mass is 278 g/mol. The van der Waals surface area contributed by atoms with Gasteiger partial charge >= 0.3 is 0 Å². The van der Waals surface area contributed by atoms with E-state index in [1.807, 2.05) is 0 Å². The zero-order chi connectivity index (χ0) is 14.8. The van der Waals surface area contributed by atoms with E-state index in [2.05, 4.69) is 62.3 Å². The first-order valence-corrected chi connectivity index (χ1v) is 7.70. The maximum absolute atomic E-state index is 5.58. The van der Waals surface area contributed by atoms with Crippen LogP contribution in [-0.4, -0.2) is 44.3 Å². The van der Waals surface area contributed by atoms with E-state index in [0.29, 0.717) is 6.10 Å². The summed E-state index contributed by atoms with van der Waals surface area (Å²) in [5, 5.41) is 3.35. The van der Waals surface area contributed by atoms with E-state index in [9.17, 15) is 0 Å². The topological polar surface area (TPSA) is 24.5 Å². The van der Waals surface area contributed by atoms with Gasteiger partial charge in [0.1, 0.15) is 0 Å². The largest absolute Gasteiger partial charge is 0.377 e. The van der Waals surface area contributed by atoms with Crippen molar-refractivity contribution in [2.45, 2.75) is 39.8 Å². The minimum Gasteiger partial charge on any atom is -0.377 e. The van der Waals surface area contributed by atoms with Crippen molar-refractivity contribution in [1.82, 2.24) is 10.2 Å². The number of nitrogens with zero attached hydrogens (tertiary/aromatic N) is 1. The van der Waals surface area contributed by atoms with Gasteiger partial charge in [0, 0.05) is 13.1 Å². The average molecular weight is 278 g/mol. The number of likely N-dealkylation sites (N-methyl/N-ethyl adjacent to an activating group) is 2. The summed E-state index contributed by atoms with van der Waals surface area (Å²) in [5.41, 5.74) is 2.77. The van der Waals surface area contributed by atoms with Gasteiger partial charge in [0.2, 0.25) is 0 Å². The van der Waals surface area contributed by atoms with Crippen LogP contribution in [0.15, 0.2) is 24.3 Å². The second kappa shape index (κ2) is 9.92. The molecule has 0 aliphatic rings. The van der Waals surface area contributed by atoms with Crippen molar-refractivity contribution >= 4 is 0 Å². The van der Waals surface area contributed by atoms with Crippen LogP contribution < -0.4 is 5.32 Å². The lowest BCUT2D eigenvalue weighted by Crippen LogP contribution is -2.24. The normalized spacial score (nSPS) is 11.5. The Bertz CT molecular complexity index is 349. The molecule has 0 fully saturated rings. The minimum atomic E-state index is 0.319. The Morgan fingerprint density at radius 3 is 2.40 bits per heavy atom. The molecule has 20 heavy (non-hydrogen) atoms. The van der Waals surface area contributed by atoms with Gasteiger partial charge in [0.15, 0.2) is 0 Å². The smallest absolute Gasteiger partial charge is 0.0596 e. The molecule has 0 amide bonds. The second-order valence-corrected chi connectivity index (χ2v) is 5.58. The molecule has 0 saturated carbocycles. The van der Waals surface area contributed by atoms with E-state index in [-0.39, 0.29) is 0 Å². The highest BCUT2D eigenvalue weighted by Gasteiger charge is 2.02. The van der Waals surface area contributed by atoms with E-state index in [1.54, 1.807) is 0 Å². The van der Waals surface area contributed by atoms with Crippen LogP contribution in [0.25, 0.3) is 0 Å². The number of nitrogens with one attached hydrogen (secondary N) is 1. The molecule has 0 unspecified atom stereocenters. The highest BCUT2D eigenvalue weighted by Crippen LogP contribution is 2.07. The van der Waals surface area contributed by atoms with E-state index in [4.69, 9.17) is 4.74 Å². The molecular formula is C17H30N2O. The van der Waals surface area contributed by atoms with Gasteiger partial charge < -0.3 is 10.1 Å². The summed E-state index contributed by atoms with van der Waals surface area (Å²) >= 11 is 0. The van der Waals surface area contributed by atoms with Crippen molar-refractivity contribution in [2.75, 3.05) is 33.3 Å². The first-order valence-electron chi connectivity index (χ1n) is 7.70. The zero-order valence-corrected chi connectivity index (χ0v) is 13.5. The van der Waals surface area contributed by atoms with Crippen LogP contribution in [0.5, 0.6) is 0 Å². The Labute approximate surface area is 124 Å². The van der Waals surface area contributed by atoms with Gasteiger partial charge in [-0.3, -0.25) is 4.90 Å². The zero-order valence-electron chi connectivity index (χ0n) is 13.5. The van der Waals surface area contributed by atoms with Gasteiger partial charge in [-0.2, -0.15) is 0 Å². The standard InChI is InChI=1S/C17H30N2O/c1-5-18-11-10-16-6-8-17(9-7-16)14-19(4)12-13-20-15(2)3/h6-9,15,18H,5,10-14H2,1-4H3. The molecule has 114 valence electrons. The molecule has 1 rings (SSSR count). The van der Waals surface area contributed by atoms with Crippen LogP contribution in [0.1, 0.15) is 31.9 Å². The lowest BCUT2D eigenvalue weighted by atomic mass is 10.1. The number of benzene rings is 1. The Hall–Kier alpha value is -0.900. The lowest BCUT2D eigenvalue weighted by molar-refractivity contribution is 0.0627. The Morgan fingerprint density at radius 2 is 1.80 bits per heavy atom. The molecule has 0 atom stereocenters. The summed E-state index contributed by atoms with van der Waals surface area (Å²) in [6.07, 6.45) is 1.42. The number of rotatable bonds is 10. The highest BCUT2D eigenvalue weighted by molar-refractivity contribution is 5.22. The van der Waals surface area contributed by atoms with Crippen molar-refractivity contribution in [2.24, 2.45) is 0 Å². The molecule has 0 aliphatic carbocycles. The summed E-state index contributed by atoms with van der Waals surface area (Å²) in [4.78, 5) is 2.30. The third-order valence-electron chi connectivity index (χ3n) is 3.24. The van der Waals surface area contributed by atoms with Gasteiger partial charge in [-0.15, -0.1) is 0 Å². The van der Waals surface area contributed by atoms with E-state index < -0.39 is 0 Å². The van der Waals surface area contributed by atoms with Gasteiger partial charge in [-0.05, 0) is 51.5 Å². The van der Waals surface area contributed by atoms with Gasteiger partial charge in [-0.1, -0.05) is 31.2 Å². The third kappa shape index (κ3) is 7.63. The highest BCUT2D eigenvalue weighted by atomic mass is 16.5. The summed E-state index contributed by atoms with van der Waals surface area (Å²) < 4.78 is 5.58. The van der Waals surface area contributed by atoms with Crippen molar-refractivity contribution in [3.8, 4) is 0 Å². The summed E-state index contributed by atoms with van der Waals surface area (Å²) in [7, 11) is 2.14. The Morgan fingerprint density at radius 1 is 1.15 bits per heavy atom. The fourth-order valence-electron chi connectivity index (χ4n) is 2.06. The van der Waals surface area contributed by atoms with Crippen molar-refractivity contribution in [3.05, 3.63) is 35.4 Å². The number of hydrogen-bond acceptors (Lipinski definition) is 3.